The number of carbonyl (C=O) groups is 3. The molecule has 1 heterocycles. The molecule has 35 heavy (non-hydrogen) atoms. The van der Waals surface area contributed by atoms with Crippen LogP contribution in [0.3, 0.4) is 0 Å². The van der Waals surface area contributed by atoms with Crippen LogP contribution in [-0.2, 0) is 24.3 Å². The molecular formula is C26H30N2O6S. The maximum absolute atomic E-state index is 13.8. The second-order valence-electron chi connectivity index (χ2n) is 8.99. The molecule has 1 atom stereocenters. The Balaban J connectivity index is 1.67. The van der Waals surface area contributed by atoms with E-state index in [-0.39, 0.29) is 24.0 Å². The Bertz CT molecular complexity index is 1200. The van der Waals surface area contributed by atoms with Gasteiger partial charge in [0.2, 0.25) is 15.9 Å². The Morgan fingerprint density at radius 1 is 1.00 bits per heavy atom. The molecule has 9 heteroatoms. The highest BCUT2D eigenvalue weighted by molar-refractivity contribution is 7.89. The van der Waals surface area contributed by atoms with E-state index in [0.717, 1.165) is 29.7 Å². The van der Waals surface area contributed by atoms with Gasteiger partial charge < -0.3 is 4.74 Å². The molecular weight excluding hydrogens is 468 g/mol. The van der Waals surface area contributed by atoms with Gasteiger partial charge in [0.1, 0.15) is 6.04 Å². The summed E-state index contributed by atoms with van der Waals surface area (Å²) in [7, 11) is -4.01. The predicted octanol–water partition coefficient (Wildman–Crippen LogP) is 3.83. The van der Waals surface area contributed by atoms with E-state index < -0.39 is 33.8 Å². The fraction of sp³-hybridized carbons (Fsp3) is 0.423. The number of ether oxygens (including phenoxy) is 1. The molecule has 1 unspecified atom stereocenters. The third-order valence-corrected chi connectivity index (χ3v) is 8.57. The van der Waals surface area contributed by atoms with Crippen LogP contribution in [0.4, 0.5) is 5.69 Å². The maximum atomic E-state index is 13.8. The average molecular weight is 499 g/mol. The molecule has 0 bridgehead atoms. The quantitative estimate of drug-likeness (QED) is 0.425. The van der Waals surface area contributed by atoms with Crippen molar-refractivity contribution >= 4 is 33.5 Å². The van der Waals surface area contributed by atoms with Crippen LogP contribution >= 0.6 is 0 Å². The number of nitrogens with zero attached hydrogens (tertiary/aromatic N) is 2. The number of hydrogen-bond acceptors (Lipinski definition) is 6. The monoisotopic (exact) mass is 498 g/mol. The number of anilines is 1. The molecule has 2 fully saturated rings. The number of aryl methyl sites for hydroxylation is 1. The van der Waals surface area contributed by atoms with E-state index in [2.05, 4.69) is 0 Å². The summed E-state index contributed by atoms with van der Waals surface area (Å²) >= 11 is 0. The number of amides is 2. The molecule has 0 aromatic heterocycles. The van der Waals surface area contributed by atoms with Crippen molar-refractivity contribution in [2.75, 3.05) is 11.5 Å². The lowest BCUT2D eigenvalue weighted by molar-refractivity contribution is -0.122. The van der Waals surface area contributed by atoms with Crippen LogP contribution in [0.5, 0.6) is 0 Å². The van der Waals surface area contributed by atoms with Crippen molar-refractivity contribution in [3.63, 3.8) is 0 Å². The lowest BCUT2D eigenvalue weighted by Crippen LogP contribution is -2.51. The number of hydrogen-bond donors (Lipinski definition) is 0. The molecule has 0 spiro atoms. The zero-order chi connectivity index (χ0) is 25.2. The van der Waals surface area contributed by atoms with Crippen molar-refractivity contribution < 1.29 is 27.5 Å². The Hall–Kier alpha value is -3.04. The van der Waals surface area contributed by atoms with Crippen LogP contribution in [0, 0.1) is 6.92 Å². The molecule has 1 aliphatic carbocycles. The molecule has 2 aliphatic rings. The van der Waals surface area contributed by atoms with E-state index in [1.165, 1.54) is 28.6 Å². The molecule has 2 aromatic carbocycles. The molecule has 0 radical (unpaired) electrons. The van der Waals surface area contributed by atoms with Crippen molar-refractivity contribution in [2.45, 2.75) is 69.4 Å². The first-order chi connectivity index (χ1) is 16.7. The zero-order valence-corrected chi connectivity index (χ0v) is 20.8. The van der Waals surface area contributed by atoms with E-state index >= 15 is 0 Å². The summed E-state index contributed by atoms with van der Waals surface area (Å²) < 4.78 is 33.9. The zero-order valence-electron chi connectivity index (χ0n) is 20.0. The Morgan fingerprint density at radius 2 is 1.63 bits per heavy atom. The standard InChI is InChI=1S/C26H30N2O6S/c1-3-34-26(31)19-11-13-20(14-12-19)27-24(29)17-23(25(27)30)28(21-7-5-4-6-8-21)35(32,33)22-15-9-18(2)10-16-22/h9-16,21,23H,3-8,17H2,1-2H3. The van der Waals surface area contributed by atoms with Crippen LogP contribution in [0.25, 0.3) is 0 Å². The first-order valence-corrected chi connectivity index (χ1v) is 13.4. The normalized spacial score (nSPS) is 19.4. The van der Waals surface area contributed by atoms with Crippen LogP contribution in [0.2, 0.25) is 0 Å². The third-order valence-electron chi connectivity index (χ3n) is 6.60. The molecule has 8 nitrogen and oxygen atoms in total. The average Bonchev–Trinajstić information content (AvgIpc) is 3.13. The summed E-state index contributed by atoms with van der Waals surface area (Å²) in [5.74, 6) is -1.53. The molecule has 0 N–H and O–H groups in total. The summed E-state index contributed by atoms with van der Waals surface area (Å²) in [5.41, 5.74) is 1.53. The van der Waals surface area contributed by atoms with Crippen molar-refractivity contribution in [1.29, 1.82) is 0 Å². The molecule has 4 rings (SSSR count). The number of sulfonamides is 1. The van der Waals surface area contributed by atoms with Gasteiger partial charge in [-0.25, -0.2) is 18.1 Å². The molecule has 1 aliphatic heterocycles. The van der Waals surface area contributed by atoms with Gasteiger partial charge in [0.05, 0.1) is 29.2 Å². The highest BCUT2D eigenvalue weighted by Crippen LogP contribution is 2.35. The smallest absolute Gasteiger partial charge is 0.338 e. The summed E-state index contributed by atoms with van der Waals surface area (Å²) in [6.45, 7) is 3.81. The summed E-state index contributed by atoms with van der Waals surface area (Å²) in [5, 5.41) is 0. The summed E-state index contributed by atoms with van der Waals surface area (Å²) in [6.07, 6.45) is 3.84. The largest absolute Gasteiger partial charge is 0.462 e. The van der Waals surface area contributed by atoms with Gasteiger partial charge in [-0.3, -0.25) is 9.59 Å². The Morgan fingerprint density at radius 3 is 2.23 bits per heavy atom. The minimum atomic E-state index is -4.01. The van der Waals surface area contributed by atoms with Crippen molar-refractivity contribution in [3.05, 3.63) is 59.7 Å². The second kappa shape index (κ2) is 10.3. The van der Waals surface area contributed by atoms with Crippen molar-refractivity contribution in [3.8, 4) is 0 Å². The summed E-state index contributed by atoms with van der Waals surface area (Å²) in [4.78, 5) is 39.7. The van der Waals surface area contributed by atoms with Gasteiger partial charge >= 0.3 is 5.97 Å². The number of rotatable bonds is 7. The first kappa shape index (κ1) is 25.1. The molecule has 1 saturated carbocycles. The maximum Gasteiger partial charge on any atom is 0.338 e. The van der Waals surface area contributed by atoms with Gasteiger partial charge in [0, 0.05) is 6.04 Å². The lowest BCUT2D eigenvalue weighted by Gasteiger charge is -2.36. The molecule has 2 amide bonds. The lowest BCUT2D eigenvalue weighted by atomic mass is 9.94. The number of esters is 1. The highest BCUT2D eigenvalue weighted by Gasteiger charge is 2.49. The number of carbonyl (C=O) groups excluding carboxylic acids is 3. The van der Waals surface area contributed by atoms with E-state index in [1.54, 1.807) is 31.2 Å². The third kappa shape index (κ3) is 5.01. The van der Waals surface area contributed by atoms with Gasteiger partial charge in [-0.05, 0) is 63.1 Å². The SMILES string of the molecule is CCOC(=O)c1ccc(N2C(=O)CC(N(C3CCCCC3)S(=O)(=O)c3ccc(C)cc3)C2=O)cc1. The van der Waals surface area contributed by atoms with Crippen molar-refractivity contribution in [2.24, 2.45) is 0 Å². The van der Waals surface area contributed by atoms with E-state index in [1.807, 2.05) is 6.92 Å². The van der Waals surface area contributed by atoms with Gasteiger partial charge in [-0.15, -0.1) is 0 Å². The summed E-state index contributed by atoms with van der Waals surface area (Å²) in [6, 6.07) is 11.1. The highest BCUT2D eigenvalue weighted by atomic mass is 32.2. The second-order valence-corrected chi connectivity index (χ2v) is 10.8. The van der Waals surface area contributed by atoms with Gasteiger partial charge in [0.25, 0.3) is 5.91 Å². The van der Waals surface area contributed by atoms with Crippen LogP contribution in [-0.4, -0.2) is 49.2 Å². The van der Waals surface area contributed by atoms with Gasteiger partial charge in [0.15, 0.2) is 0 Å². The fourth-order valence-electron chi connectivity index (χ4n) is 4.83. The van der Waals surface area contributed by atoms with Gasteiger partial charge in [-0.1, -0.05) is 37.0 Å². The topological polar surface area (TPSA) is 101 Å². The molecule has 2 aromatic rings. The van der Waals surface area contributed by atoms with E-state index in [0.29, 0.717) is 24.1 Å². The predicted molar refractivity (Wildman–Crippen MR) is 130 cm³/mol. The molecule has 186 valence electrons. The van der Waals surface area contributed by atoms with Crippen LogP contribution in [0.1, 0.15) is 61.4 Å². The van der Waals surface area contributed by atoms with E-state index in [4.69, 9.17) is 4.74 Å². The van der Waals surface area contributed by atoms with Crippen LogP contribution in [0.15, 0.2) is 53.4 Å². The number of benzene rings is 2. The van der Waals surface area contributed by atoms with Crippen molar-refractivity contribution in [1.82, 2.24) is 4.31 Å². The fourth-order valence-corrected chi connectivity index (χ4v) is 6.66. The van der Waals surface area contributed by atoms with E-state index in [9.17, 15) is 22.8 Å². The first-order valence-electron chi connectivity index (χ1n) is 12.0. The molecule has 1 saturated heterocycles. The minimum Gasteiger partial charge on any atom is -0.462 e. The van der Waals surface area contributed by atoms with Gasteiger partial charge in [-0.2, -0.15) is 4.31 Å². The Kier molecular flexibility index (Phi) is 7.37. The minimum absolute atomic E-state index is 0.117. The van der Waals surface area contributed by atoms with Crippen LogP contribution < -0.4 is 4.90 Å². The Labute approximate surface area is 205 Å². The number of imide groups is 1.